The molecule has 74 valence electrons. The second-order valence-electron chi connectivity index (χ2n) is 2.60. The van der Waals surface area contributed by atoms with Gasteiger partial charge in [-0.1, -0.05) is 0 Å². The second-order valence-corrected chi connectivity index (χ2v) is 2.60. The molecule has 0 amide bonds. The lowest BCUT2D eigenvalue weighted by Gasteiger charge is -2.19. The highest BCUT2D eigenvalue weighted by atomic mass is 16.5. The average Bonchev–Trinajstić information content (AvgIpc) is 2.03. The van der Waals surface area contributed by atoms with Crippen molar-refractivity contribution in [3.8, 4) is 0 Å². The number of ether oxygens (including phenoxy) is 1. The Morgan fingerprint density at radius 1 is 1.25 bits per heavy atom. The summed E-state index contributed by atoms with van der Waals surface area (Å²) in [6, 6.07) is 0. The van der Waals surface area contributed by atoms with Crippen molar-refractivity contribution in [1.82, 2.24) is 0 Å². The first-order valence-corrected chi connectivity index (χ1v) is 3.82. The Balaban J connectivity index is 3.49. The summed E-state index contributed by atoms with van der Waals surface area (Å²) >= 11 is 0. The largest absolute Gasteiger partial charge is 0.394 e. The van der Waals surface area contributed by atoms with Crippen molar-refractivity contribution in [1.29, 1.82) is 0 Å². The summed E-state index contributed by atoms with van der Waals surface area (Å²) in [4.78, 5) is 0. The van der Waals surface area contributed by atoms with E-state index in [0.29, 0.717) is 0 Å². The fraction of sp³-hybridized carbons (Fsp3) is 1.00. The van der Waals surface area contributed by atoms with Gasteiger partial charge in [-0.3, -0.25) is 0 Å². The zero-order valence-electron chi connectivity index (χ0n) is 7.05. The third kappa shape index (κ3) is 4.63. The smallest absolute Gasteiger partial charge is 0.108 e. The third-order valence-electron chi connectivity index (χ3n) is 1.41. The van der Waals surface area contributed by atoms with Crippen LogP contribution in [0.5, 0.6) is 0 Å². The summed E-state index contributed by atoms with van der Waals surface area (Å²) in [5.41, 5.74) is 0. The minimum Gasteiger partial charge on any atom is -0.394 e. The molecule has 0 aromatic rings. The molecule has 0 saturated carbocycles. The summed E-state index contributed by atoms with van der Waals surface area (Å²) in [6.45, 7) is 1.27. The van der Waals surface area contributed by atoms with Gasteiger partial charge in [0.1, 0.15) is 12.2 Å². The van der Waals surface area contributed by atoms with E-state index >= 15 is 0 Å². The van der Waals surface area contributed by atoms with Crippen LogP contribution in [0.2, 0.25) is 0 Å². The van der Waals surface area contributed by atoms with E-state index in [1.807, 2.05) is 0 Å². The monoisotopic (exact) mass is 180 g/mol. The van der Waals surface area contributed by atoms with Crippen LogP contribution in [0.3, 0.4) is 0 Å². The van der Waals surface area contributed by atoms with E-state index in [4.69, 9.17) is 25.2 Å². The fourth-order valence-corrected chi connectivity index (χ4v) is 0.689. The van der Waals surface area contributed by atoms with Gasteiger partial charge in [-0.05, 0) is 6.92 Å². The maximum atomic E-state index is 9.10. The third-order valence-corrected chi connectivity index (χ3v) is 1.41. The molecule has 4 N–H and O–H groups in total. The lowest BCUT2D eigenvalue weighted by atomic mass is 10.1. The van der Waals surface area contributed by atoms with Crippen LogP contribution in [0.1, 0.15) is 6.92 Å². The van der Waals surface area contributed by atoms with E-state index in [1.165, 1.54) is 6.92 Å². The molecule has 0 saturated heterocycles. The molecule has 0 fully saturated rings. The average molecular weight is 180 g/mol. The zero-order valence-corrected chi connectivity index (χ0v) is 7.05. The number of aliphatic hydroxyl groups excluding tert-OH is 4. The van der Waals surface area contributed by atoms with Crippen LogP contribution in [-0.4, -0.2) is 58.6 Å². The lowest BCUT2D eigenvalue weighted by molar-refractivity contribution is -0.0848. The Morgan fingerprint density at radius 2 is 1.83 bits per heavy atom. The minimum absolute atomic E-state index is 0.0906. The summed E-state index contributed by atoms with van der Waals surface area (Å²) in [5, 5.41) is 35.3. The highest BCUT2D eigenvalue weighted by Gasteiger charge is 2.20. The summed E-state index contributed by atoms with van der Waals surface area (Å²) in [5.74, 6) is 0. The molecule has 5 nitrogen and oxygen atoms in total. The SMILES string of the molecule is CC(O)C(O)C(O)COCCO. The molecular weight excluding hydrogens is 164 g/mol. The molecule has 5 heteroatoms. The van der Waals surface area contributed by atoms with Gasteiger partial charge in [-0.2, -0.15) is 0 Å². The van der Waals surface area contributed by atoms with Crippen molar-refractivity contribution in [2.24, 2.45) is 0 Å². The van der Waals surface area contributed by atoms with Crippen molar-refractivity contribution in [2.45, 2.75) is 25.2 Å². The molecule has 0 spiro atoms. The van der Waals surface area contributed by atoms with Gasteiger partial charge in [0.25, 0.3) is 0 Å². The molecule has 0 aliphatic rings. The normalized spacial score (nSPS) is 18.8. The van der Waals surface area contributed by atoms with E-state index < -0.39 is 18.3 Å². The fourth-order valence-electron chi connectivity index (χ4n) is 0.689. The molecule has 0 bridgehead atoms. The van der Waals surface area contributed by atoms with Crippen LogP contribution in [0.25, 0.3) is 0 Å². The first kappa shape index (κ1) is 11.8. The Morgan fingerprint density at radius 3 is 2.25 bits per heavy atom. The second kappa shape index (κ2) is 6.33. The maximum Gasteiger partial charge on any atom is 0.108 e. The quantitative estimate of drug-likeness (QED) is 0.358. The van der Waals surface area contributed by atoms with Crippen molar-refractivity contribution >= 4 is 0 Å². The number of rotatable bonds is 6. The molecule has 0 aromatic carbocycles. The van der Waals surface area contributed by atoms with Gasteiger partial charge in [0, 0.05) is 0 Å². The van der Waals surface area contributed by atoms with Gasteiger partial charge < -0.3 is 25.2 Å². The van der Waals surface area contributed by atoms with Crippen LogP contribution in [-0.2, 0) is 4.74 Å². The van der Waals surface area contributed by atoms with E-state index in [1.54, 1.807) is 0 Å². The molecule has 3 atom stereocenters. The summed E-state index contributed by atoms with van der Waals surface area (Å²) < 4.78 is 4.74. The van der Waals surface area contributed by atoms with Crippen molar-refractivity contribution in [3.05, 3.63) is 0 Å². The number of hydrogen-bond donors (Lipinski definition) is 4. The number of aliphatic hydroxyl groups is 4. The van der Waals surface area contributed by atoms with Gasteiger partial charge in [0.05, 0.1) is 25.9 Å². The molecule has 0 aromatic heterocycles. The number of hydrogen-bond acceptors (Lipinski definition) is 5. The van der Waals surface area contributed by atoms with E-state index in [0.717, 1.165) is 0 Å². The highest BCUT2D eigenvalue weighted by molar-refractivity contribution is 4.71. The molecule has 0 rings (SSSR count). The first-order chi connectivity index (χ1) is 5.59. The molecule has 0 aliphatic heterocycles. The van der Waals surface area contributed by atoms with Crippen LogP contribution in [0.15, 0.2) is 0 Å². The maximum absolute atomic E-state index is 9.10. The molecule has 0 heterocycles. The standard InChI is InChI=1S/C7H16O5/c1-5(9)7(11)6(10)4-12-3-2-8/h5-11H,2-4H2,1H3. The summed E-state index contributed by atoms with van der Waals surface area (Å²) in [7, 11) is 0. The van der Waals surface area contributed by atoms with Gasteiger partial charge >= 0.3 is 0 Å². The van der Waals surface area contributed by atoms with E-state index in [-0.39, 0.29) is 19.8 Å². The van der Waals surface area contributed by atoms with Crippen LogP contribution >= 0.6 is 0 Å². The molecule has 3 unspecified atom stereocenters. The Hall–Kier alpha value is -0.200. The predicted molar refractivity (Wildman–Crippen MR) is 41.6 cm³/mol. The van der Waals surface area contributed by atoms with E-state index in [2.05, 4.69) is 0 Å². The van der Waals surface area contributed by atoms with Gasteiger partial charge in [-0.25, -0.2) is 0 Å². The zero-order chi connectivity index (χ0) is 9.56. The molecular formula is C7H16O5. The van der Waals surface area contributed by atoms with E-state index in [9.17, 15) is 0 Å². The molecule has 0 radical (unpaired) electrons. The van der Waals surface area contributed by atoms with Gasteiger partial charge in [0.15, 0.2) is 0 Å². The molecule has 0 aliphatic carbocycles. The van der Waals surface area contributed by atoms with Crippen molar-refractivity contribution < 1.29 is 25.2 Å². The van der Waals surface area contributed by atoms with Crippen molar-refractivity contribution in [3.63, 3.8) is 0 Å². The van der Waals surface area contributed by atoms with Crippen LogP contribution < -0.4 is 0 Å². The Kier molecular flexibility index (Phi) is 6.23. The molecule has 12 heavy (non-hydrogen) atoms. The topological polar surface area (TPSA) is 90.2 Å². The van der Waals surface area contributed by atoms with Crippen LogP contribution in [0, 0.1) is 0 Å². The van der Waals surface area contributed by atoms with Crippen LogP contribution in [0.4, 0.5) is 0 Å². The van der Waals surface area contributed by atoms with Gasteiger partial charge in [0.2, 0.25) is 0 Å². The Bertz CT molecular complexity index is 106. The summed E-state index contributed by atoms with van der Waals surface area (Å²) in [6.07, 6.45) is -3.31. The highest BCUT2D eigenvalue weighted by Crippen LogP contribution is 1.99. The van der Waals surface area contributed by atoms with Crippen molar-refractivity contribution in [2.75, 3.05) is 19.8 Å². The minimum atomic E-state index is -1.20. The lowest BCUT2D eigenvalue weighted by Crippen LogP contribution is -2.38. The predicted octanol–water partition coefficient (Wildman–Crippen LogP) is -1.90. The van der Waals surface area contributed by atoms with Gasteiger partial charge in [-0.15, -0.1) is 0 Å². The first-order valence-electron chi connectivity index (χ1n) is 3.82. The Labute approximate surface area is 71.2 Å².